The van der Waals surface area contributed by atoms with Gasteiger partial charge in [0.15, 0.2) is 15.6 Å². The van der Waals surface area contributed by atoms with Crippen molar-refractivity contribution < 1.29 is 17.6 Å². The van der Waals surface area contributed by atoms with Gasteiger partial charge in [0.05, 0.1) is 11.5 Å². The number of carbonyl (C=O) groups is 1. The first-order valence-electron chi connectivity index (χ1n) is 10.4. The summed E-state index contributed by atoms with van der Waals surface area (Å²) in [4.78, 5) is 15.3. The second-order valence-electron chi connectivity index (χ2n) is 8.22. The van der Waals surface area contributed by atoms with Crippen molar-refractivity contribution in [3.8, 4) is 0 Å². The van der Waals surface area contributed by atoms with Crippen LogP contribution in [0.5, 0.6) is 0 Å². The minimum atomic E-state index is -3.12. The second kappa shape index (κ2) is 7.91. The van der Waals surface area contributed by atoms with Crippen LogP contribution in [0.2, 0.25) is 0 Å². The summed E-state index contributed by atoms with van der Waals surface area (Å²) in [5.41, 5.74) is 4.77. The zero-order valence-corrected chi connectivity index (χ0v) is 18.5. The van der Waals surface area contributed by atoms with Gasteiger partial charge >= 0.3 is 0 Å². The Balaban J connectivity index is 1.71. The van der Waals surface area contributed by atoms with Crippen LogP contribution in [0.15, 0.2) is 46.9 Å². The first kappa shape index (κ1) is 20.7. The Morgan fingerprint density at radius 2 is 1.80 bits per heavy atom. The van der Waals surface area contributed by atoms with Crippen molar-refractivity contribution in [3.05, 3.63) is 70.5 Å². The van der Waals surface area contributed by atoms with Crippen molar-refractivity contribution in [3.63, 3.8) is 0 Å². The molecule has 0 spiro atoms. The fourth-order valence-corrected chi connectivity index (χ4v) is 5.86. The van der Waals surface area contributed by atoms with E-state index in [-0.39, 0.29) is 23.5 Å². The number of hydrogen-bond acceptors (Lipinski definition) is 4. The van der Waals surface area contributed by atoms with Crippen LogP contribution in [0, 0.1) is 13.8 Å². The number of aryl methyl sites for hydroxylation is 3. The summed E-state index contributed by atoms with van der Waals surface area (Å²) in [6.07, 6.45) is 1.40. The third kappa shape index (κ3) is 4.01. The molecule has 5 nitrogen and oxygen atoms in total. The molecule has 1 aliphatic heterocycles. The first-order chi connectivity index (χ1) is 14.3. The highest BCUT2D eigenvalue weighted by atomic mass is 32.2. The third-order valence-electron chi connectivity index (χ3n) is 5.98. The zero-order chi connectivity index (χ0) is 21.5. The Hall–Kier alpha value is -2.60. The highest BCUT2D eigenvalue weighted by molar-refractivity contribution is 7.91. The van der Waals surface area contributed by atoms with Gasteiger partial charge in [0, 0.05) is 23.5 Å². The van der Waals surface area contributed by atoms with Gasteiger partial charge in [0.2, 0.25) is 0 Å². The number of benzene rings is 2. The normalized spacial score (nSPS) is 18.0. The number of furan rings is 1. The van der Waals surface area contributed by atoms with Crippen molar-refractivity contribution >= 4 is 26.7 Å². The summed E-state index contributed by atoms with van der Waals surface area (Å²) in [5, 5.41) is 0.921. The zero-order valence-electron chi connectivity index (χ0n) is 17.6. The van der Waals surface area contributed by atoms with Crippen LogP contribution in [0.1, 0.15) is 46.2 Å². The number of carbonyl (C=O) groups excluding carboxylic acids is 1. The average molecular weight is 426 g/mol. The maximum atomic E-state index is 13.6. The van der Waals surface area contributed by atoms with Gasteiger partial charge in [-0.1, -0.05) is 42.8 Å². The smallest absolute Gasteiger partial charge is 0.290 e. The summed E-state index contributed by atoms with van der Waals surface area (Å²) in [6, 6.07) is 13.6. The first-order valence-corrected chi connectivity index (χ1v) is 12.2. The monoisotopic (exact) mass is 425 g/mol. The molecule has 1 aromatic heterocycles. The predicted octanol–water partition coefficient (Wildman–Crippen LogP) is 4.44. The predicted molar refractivity (Wildman–Crippen MR) is 118 cm³/mol. The molecule has 1 aliphatic rings. The molecule has 0 N–H and O–H groups in total. The molecular formula is C24H27NO4S. The van der Waals surface area contributed by atoms with Crippen LogP contribution in [-0.4, -0.2) is 36.8 Å². The van der Waals surface area contributed by atoms with E-state index in [2.05, 4.69) is 19.1 Å². The Morgan fingerprint density at radius 1 is 1.10 bits per heavy atom. The highest BCUT2D eigenvalue weighted by Crippen LogP contribution is 2.29. The largest absolute Gasteiger partial charge is 0.451 e. The maximum Gasteiger partial charge on any atom is 0.290 e. The standard InChI is InChI=1S/C24H27NO4S/c1-4-18-6-8-19(9-7-18)14-25(20-11-12-30(27,28)15-20)24(26)23-17(3)21-13-16(2)5-10-22(21)29-23/h5-10,13,20H,4,11-12,14-15H2,1-3H3. The molecule has 1 atom stereocenters. The van der Waals surface area contributed by atoms with E-state index >= 15 is 0 Å². The molecule has 0 saturated carbocycles. The van der Waals surface area contributed by atoms with Gasteiger partial charge in [-0.2, -0.15) is 0 Å². The van der Waals surface area contributed by atoms with Crippen LogP contribution in [0.25, 0.3) is 11.0 Å². The van der Waals surface area contributed by atoms with Crippen molar-refractivity contribution in [2.45, 2.75) is 46.2 Å². The minimum absolute atomic E-state index is 0.00413. The quantitative estimate of drug-likeness (QED) is 0.606. The van der Waals surface area contributed by atoms with E-state index in [1.807, 2.05) is 44.2 Å². The van der Waals surface area contributed by atoms with Gasteiger partial charge in [0.1, 0.15) is 5.58 Å². The van der Waals surface area contributed by atoms with E-state index in [4.69, 9.17) is 4.42 Å². The molecule has 4 rings (SSSR count). The molecule has 1 amide bonds. The molecule has 0 aliphatic carbocycles. The molecule has 3 aromatic rings. The molecule has 2 aromatic carbocycles. The Labute approximate surface area is 177 Å². The van der Waals surface area contributed by atoms with E-state index in [0.29, 0.717) is 24.3 Å². The molecule has 158 valence electrons. The van der Waals surface area contributed by atoms with Crippen LogP contribution in [0.3, 0.4) is 0 Å². The number of nitrogens with zero attached hydrogens (tertiary/aromatic N) is 1. The number of fused-ring (bicyclic) bond motifs is 1. The minimum Gasteiger partial charge on any atom is -0.451 e. The molecular weight excluding hydrogens is 398 g/mol. The molecule has 30 heavy (non-hydrogen) atoms. The lowest BCUT2D eigenvalue weighted by Gasteiger charge is -2.28. The number of amides is 1. The molecule has 1 fully saturated rings. The van der Waals surface area contributed by atoms with Crippen LogP contribution >= 0.6 is 0 Å². The highest BCUT2D eigenvalue weighted by Gasteiger charge is 2.36. The lowest BCUT2D eigenvalue weighted by Crippen LogP contribution is -2.40. The SMILES string of the molecule is CCc1ccc(CN(C(=O)c2oc3ccc(C)cc3c2C)C2CCS(=O)(=O)C2)cc1. The second-order valence-corrected chi connectivity index (χ2v) is 10.4. The molecule has 6 heteroatoms. The van der Waals surface area contributed by atoms with E-state index in [0.717, 1.165) is 28.5 Å². The topological polar surface area (TPSA) is 67.6 Å². The number of rotatable bonds is 5. The van der Waals surface area contributed by atoms with Crippen molar-refractivity contribution in [2.75, 3.05) is 11.5 Å². The van der Waals surface area contributed by atoms with Gasteiger partial charge in [-0.15, -0.1) is 0 Å². The van der Waals surface area contributed by atoms with E-state index in [9.17, 15) is 13.2 Å². The molecule has 2 heterocycles. The fraction of sp³-hybridized carbons (Fsp3) is 0.375. The van der Waals surface area contributed by atoms with E-state index in [1.54, 1.807) is 4.90 Å². The summed E-state index contributed by atoms with van der Waals surface area (Å²) in [6.45, 7) is 6.35. The summed E-state index contributed by atoms with van der Waals surface area (Å²) in [7, 11) is -3.12. The van der Waals surface area contributed by atoms with Gasteiger partial charge in [0.25, 0.3) is 5.91 Å². The van der Waals surface area contributed by atoms with Gasteiger partial charge in [-0.3, -0.25) is 4.79 Å². The fourth-order valence-electron chi connectivity index (χ4n) is 4.13. The van der Waals surface area contributed by atoms with Crippen LogP contribution in [0.4, 0.5) is 0 Å². The van der Waals surface area contributed by atoms with E-state index < -0.39 is 9.84 Å². The number of sulfone groups is 1. The molecule has 1 saturated heterocycles. The van der Waals surface area contributed by atoms with Crippen molar-refractivity contribution in [2.24, 2.45) is 0 Å². The lowest BCUT2D eigenvalue weighted by atomic mass is 10.1. The lowest BCUT2D eigenvalue weighted by molar-refractivity contribution is 0.0649. The summed E-state index contributed by atoms with van der Waals surface area (Å²) < 4.78 is 30.2. The van der Waals surface area contributed by atoms with Crippen molar-refractivity contribution in [1.82, 2.24) is 4.90 Å². The summed E-state index contributed by atoms with van der Waals surface area (Å²) in [5.74, 6) is 0.173. The van der Waals surface area contributed by atoms with Gasteiger partial charge in [-0.25, -0.2) is 8.42 Å². The van der Waals surface area contributed by atoms with E-state index in [1.165, 1.54) is 5.56 Å². The summed E-state index contributed by atoms with van der Waals surface area (Å²) >= 11 is 0. The van der Waals surface area contributed by atoms with Crippen LogP contribution < -0.4 is 0 Å². The van der Waals surface area contributed by atoms with Crippen LogP contribution in [-0.2, 0) is 22.8 Å². The molecule has 0 radical (unpaired) electrons. The molecule has 1 unspecified atom stereocenters. The van der Waals surface area contributed by atoms with Crippen molar-refractivity contribution in [1.29, 1.82) is 0 Å². The maximum absolute atomic E-state index is 13.6. The third-order valence-corrected chi connectivity index (χ3v) is 7.73. The Kier molecular flexibility index (Phi) is 5.45. The number of hydrogen-bond donors (Lipinski definition) is 0. The Bertz CT molecular complexity index is 1190. The van der Waals surface area contributed by atoms with Gasteiger partial charge in [-0.05, 0) is 49.9 Å². The Morgan fingerprint density at radius 3 is 2.43 bits per heavy atom. The van der Waals surface area contributed by atoms with Gasteiger partial charge < -0.3 is 9.32 Å². The average Bonchev–Trinajstić information content (AvgIpc) is 3.25. The molecule has 0 bridgehead atoms.